The highest BCUT2D eigenvalue weighted by Crippen LogP contribution is 2.34. The molecule has 3 N–H and O–H groups in total. The van der Waals surface area contributed by atoms with Gasteiger partial charge in [-0.15, -0.1) is 0 Å². The van der Waals surface area contributed by atoms with Gasteiger partial charge in [0.25, 0.3) is 0 Å². The van der Waals surface area contributed by atoms with Crippen molar-refractivity contribution in [1.29, 1.82) is 0 Å². The largest absolute Gasteiger partial charge is 0.508 e. The molecule has 0 atom stereocenters. The van der Waals surface area contributed by atoms with E-state index in [1.807, 2.05) is 6.07 Å². The van der Waals surface area contributed by atoms with Crippen molar-refractivity contribution in [3.05, 3.63) is 30.5 Å². The monoisotopic (exact) mass is 286 g/mol. The summed E-state index contributed by atoms with van der Waals surface area (Å²) in [5, 5.41) is 24.1. The van der Waals surface area contributed by atoms with E-state index in [1.54, 1.807) is 24.4 Å². The Morgan fingerprint density at radius 1 is 1.19 bits per heavy atom. The van der Waals surface area contributed by atoms with Crippen LogP contribution < -0.4 is 5.32 Å². The first-order valence-corrected chi connectivity index (χ1v) is 7.20. The molecule has 0 spiro atoms. The minimum Gasteiger partial charge on any atom is -0.508 e. The number of rotatable bonds is 3. The fourth-order valence-electron chi connectivity index (χ4n) is 3.03. The maximum Gasteiger partial charge on any atom is 0.329 e. The second kappa shape index (κ2) is 5.24. The quantitative estimate of drug-likeness (QED) is 0.807. The lowest BCUT2D eigenvalue weighted by molar-refractivity contribution is -0.143. The fraction of sp³-hybridized carbons (Fsp3) is 0.375. The molecular weight excluding hydrogens is 268 g/mol. The van der Waals surface area contributed by atoms with Crippen LogP contribution in [0.5, 0.6) is 5.75 Å². The highest BCUT2D eigenvalue weighted by molar-refractivity contribution is 5.95. The van der Waals surface area contributed by atoms with Gasteiger partial charge in [0.2, 0.25) is 0 Å². The van der Waals surface area contributed by atoms with Crippen molar-refractivity contribution in [2.45, 2.75) is 37.6 Å². The van der Waals surface area contributed by atoms with Crippen molar-refractivity contribution in [1.82, 2.24) is 4.98 Å². The normalized spacial score (nSPS) is 17.5. The molecule has 1 fully saturated rings. The van der Waals surface area contributed by atoms with E-state index in [2.05, 4.69) is 10.3 Å². The molecule has 21 heavy (non-hydrogen) atoms. The summed E-state index contributed by atoms with van der Waals surface area (Å²) in [6, 6.07) is 6.86. The number of nitrogens with zero attached hydrogens (tertiary/aromatic N) is 1. The van der Waals surface area contributed by atoms with Crippen molar-refractivity contribution in [2.24, 2.45) is 0 Å². The molecule has 5 nitrogen and oxygen atoms in total. The Bertz CT molecular complexity index is 678. The molecule has 1 aliphatic rings. The zero-order valence-electron chi connectivity index (χ0n) is 11.7. The Morgan fingerprint density at radius 3 is 2.67 bits per heavy atom. The highest BCUT2D eigenvalue weighted by atomic mass is 16.4. The summed E-state index contributed by atoms with van der Waals surface area (Å²) in [7, 11) is 0. The summed E-state index contributed by atoms with van der Waals surface area (Å²) >= 11 is 0. The second-order valence-corrected chi connectivity index (χ2v) is 5.64. The van der Waals surface area contributed by atoms with Crippen molar-refractivity contribution in [3.63, 3.8) is 0 Å². The molecule has 0 unspecified atom stereocenters. The van der Waals surface area contributed by atoms with Gasteiger partial charge in [0, 0.05) is 11.6 Å². The van der Waals surface area contributed by atoms with Crippen molar-refractivity contribution in [2.75, 3.05) is 5.32 Å². The first-order chi connectivity index (χ1) is 10.1. The number of carbonyl (C=O) groups is 1. The number of carboxylic acids is 1. The molecule has 0 saturated heterocycles. The summed E-state index contributed by atoms with van der Waals surface area (Å²) in [6.45, 7) is 0. The van der Waals surface area contributed by atoms with Gasteiger partial charge in [0.15, 0.2) is 0 Å². The third-order valence-electron chi connectivity index (χ3n) is 4.22. The Hall–Kier alpha value is -2.30. The van der Waals surface area contributed by atoms with Crippen LogP contribution in [0.3, 0.4) is 0 Å². The van der Waals surface area contributed by atoms with Gasteiger partial charge in [-0.1, -0.05) is 25.3 Å². The lowest BCUT2D eigenvalue weighted by Crippen LogP contribution is -2.48. The SMILES string of the molecule is O=C(O)C1(Nc2nccc3ccc(O)cc23)CCCCC1. The van der Waals surface area contributed by atoms with Crippen LogP contribution in [0.15, 0.2) is 30.5 Å². The number of hydrogen-bond donors (Lipinski definition) is 3. The van der Waals surface area contributed by atoms with Gasteiger partial charge in [-0.3, -0.25) is 0 Å². The van der Waals surface area contributed by atoms with E-state index in [1.165, 1.54) is 0 Å². The van der Waals surface area contributed by atoms with E-state index in [4.69, 9.17) is 0 Å². The molecule has 1 aliphatic carbocycles. The van der Waals surface area contributed by atoms with Crippen LogP contribution in [0.25, 0.3) is 10.8 Å². The van der Waals surface area contributed by atoms with Gasteiger partial charge in [0.1, 0.15) is 17.1 Å². The van der Waals surface area contributed by atoms with E-state index in [-0.39, 0.29) is 5.75 Å². The predicted molar refractivity (Wildman–Crippen MR) is 80.5 cm³/mol. The number of aromatic nitrogens is 1. The molecule has 5 heteroatoms. The van der Waals surface area contributed by atoms with E-state index < -0.39 is 11.5 Å². The number of benzene rings is 1. The van der Waals surface area contributed by atoms with Crippen molar-refractivity contribution >= 4 is 22.6 Å². The van der Waals surface area contributed by atoms with E-state index in [9.17, 15) is 15.0 Å². The minimum atomic E-state index is -0.953. The molecule has 1 saturated carbocycles. The zero-order valence-corrected chi connectivity index (χ0v) is 11.7. The number of pyridine rings is 1. The molecule has 1 aromatic carbocycles. The number of fused-ring (bicyclic) bond motifs is 1. The average Bonchev–Trinajstić information content (AvgIpc) is 2.49. The number of phenolic OH excluding ortho intramolecular Hbond substituents is 1. The highest BCUT2D eigenvalue weighted by Gasteiger charge is 2.40. The molecule has 0 aliphatic heterocycles. The third kappa shape index (κ3) is 2.51. The van der Waals surface area contributed by atoms with Crippen molar-refractivity contribution < 1.29 is 15.0 Å². The summed E-state index contributed by atoms with van der Waals surface area (Å²) in [5.74, 6) is -0.166. The molecule has 0 radical (unpaired) electrons. The first kappa shape index (κ1) is 13.7. The number of carboxylic acid groups (broad SMARTS) is 1. The van der Waals surface area contributed by atoms with Gasteiger partial charge in [0.05, 0.1) is 0 Å². The topological polar surface area (TPSA) is 82.5 Å². The summed E-state index contributed by atoms with van der Waals surface area (Å²) in [4.78, 5) is 16.0. The number of aliphatic carboxylic acids is 1. The summed E-state index contributed by atoms with van der Waals surface area (Å²) in [5.41, 5.74) is -0.953. The lowest BCUT2D eigenvalue weighted by Gasteiger charge is -2.34. The molecule has 2 aromatic rings. The predicted octanol–water partition coefficient (Wildman–Crippen LogP) is 3.14. The number of hydrogen-bond acceptors (Lipinski definition) is 4. The first-order valence-electron chi connectivity index (χ1n) is 7.20. The van der Waals surface area contributed by atoms with E-state index in [0.29, 0.717) is 18.7 Å². The van der Waals surface area contributed by atoms with Gasteiger partial charge in [-0.05, 0) is 36.4 Å². The summed E-state index contributed by atoms with van der Waals surface area (Å²) in [6.07, 6.45) is 5.71. The van der Waals surface area contributed by atoms with Crippen LogP contribution in [-0.2, 0) is 4.79 Å². The Kier molecular flexibility index (Phi) is 3.41. The van der Waals surface area contributed by atoms with Gasteiger partial charge >= 0.3 is 5.97 Å². The molecule has 110 valence electrons. The molecule has 1 heterocycles. The number of phenols is 1. The zero-order chi connectivity index (χ0) is 14.9. The van der Waals surface area contributed by atoms with Crippen molar-refractivity contribution in [3.8, 4) is 5.75 Å². The smallest absolute Gasteiger partial charge is 0.329 e. The second-order valence-electron chi connectivity index (χ2n) is 5.64. The van der Waals surface area contributed by atoms with E-state index in [0.717, 1.165) is 30.0 Å². The summed E-state index contributed by atoms with van der Waals surface area (Å²) < 4.78 is 0. The van der Waals surface area contributed by atoms with Gasteiger partial charge in [-0.25, -0.2) is 9.78 Å². The molecular formula is C16H18N2O3. The average molecular weight is 286 g/mol. The van der Waals surface area contributed by atoms with Crippen LogP contribution >= 0.6 is 0 Å². The lowest BCUT2D eigenvalue weighted by atomic mass is 9.81. The number of nitrogens with one attached hydrogen (secondary N) is 1. The van der Waals surface area contributed by atoms with Crippen LogP contribution in [0.4, 0.5) is 5.82 Å². The van der Waals surface area contributed by atoms with Gasteiger partial charge < -0.3 is 15.5 Å². The molecule has 1 aromatic heterocycles. The maximum atomic E-state index is 11.7. The van der Waals surface area contributed by atoms with Crippen LogP contribution in [0, 0.1) is 0 Å². The number of anilines is 1. The van der Waals surface area contributed by atoms with Crippen LogP contribution in [0.2, 0.25) is 0 Å². The maximum absolute atomic E-state index is 11.7. The molecule has 3 rings (SSSR count). The molecule has 0 amide bonds. The Morgan fingerprint density at radius 2 is 1.95 bits per heavy atom. The Labute approximate surface area is 122 Å². The minimum absolute atomic E-state index is 0.145. The molecule has 0 bridgehead atoms. The van der Waals surface area contributed by atoms with E-state index >= 15 is 0 Å². The van der Waals surface area contributed by atoms with Crippen LogP contribution in [0.1, 0.15) is 32.1 Å². The van der Waals surface area contributed by atoms with Gasteiger partial charge in [-0.2, -0.15) is 0 Å². The number of aromatic hydroxyl groups is 1. The third-order valence-corrected chi connectivity index (χ3v) is 4.22. The Balaban J connectivity index is 2.03. The standard InChI is InChI=1S/C16H18N2O3/c19-12-5-4-11-6-9-17-14(13(11)10-12)18-16(15(20)21)7-2-1-3-8-16/h4-6,9-10,19H,1-3,7-8H2,(H,17,18)(H,20,21). The fourth-order valence-corrected chi connectivity index (χ4v) is 3.03. The van der Waals surface area contributed by atoms with Crippen LogP contribution in [-0.4, -0.2) is 26.7 Å².